The minimum atomic E-state index is 0.0260. The minimum Gasteiger partial charge on any atom is -0.497 e. The molecule has 4 aliphatic rings. The third-order valence-corrected chi connectivity index (χ3v) is 8.61. The fourth-order valence-electron chi connectivity index (χ4n) is 6.74. The minimum absolute atomic E-state index is 0.0260. The molecule has 1 aromatic carbocycles. The predicted octanol–water partition coefficient (Wildman–Crippen LogP) is 4.52. The molecule has 8 heteroatoms. The van der Waals surface area contributed by atoms with Crippen LogP contribution in [0, 0.1) is 17.8 Å². The van der Waals surface area contributed by atoms with Gasteiger partial charge in [0.15, 0.2) is 11.0 Å². The van der Waals surface area contributed by atoms with Gasteiger partial charge in [0.1, 0.15) is 5.75 Å². The van der Waals surface area contributed by atoms with Crippen molar-refractivity contribution in [1.82, 2.24) is 25.1 Å². The molecule has 2 aromatic heterocycles. The van der Waals surface area contributed by atoms with Crippen molar-refractivity contribution in [3.05, 3.63) is 48.8 Å². The molecule has 3 aromatic rings. The Morgan fingerprint density at radius 3 is 2.29 bits per heavy atom. The SMILES string of the molecule is COc1ccc(-n2c(SCC(=O)NC34CC5CC(CC(C5)C3)C4)nnc2-c2ccncc2)cc1. The van der Waals surface area contributed by atoms with E-state index in [4.69, 9.17) is 4.74 Å². The summed E-state index contributed by atoms with van der Waals surface area (Å²) >= 11 is 1.43. The van der Waals surface area contributed by atoms with Crippen molar-refractivity contribution in [1.29, 1.82) is 0 Å². The maximum absolute atomic E-state index is 13.1. The molecule has 4 fully saturated rings. The first-order chi connectivity index (χ1) is 16.6. The van der Waals surface area contributed by atoms with Crippen LogP contribution in [0.25, 0.3) is 17.1 Å². The number of amides is 1. The summed E-state index contributed by atoms with van der Waals surface area (Å²) in [4.78, 5) is 17.2. The first-order valence-electron chi connectivity index (χ1n) is 12.0. The zero-order valence-corrected chi connectivity index (χ0v) is 20.1. The van der Waals surface area contributed by atoms with Crippen LogP contribution in [0.15, 0.2) is 53.9 Å². The number of nitrogens with zero attached hydrogens (tertiary/aromatic N) is 4. The molecule has 4 bridgehead atoms. The lowest BCUT2D eigenvalue weighted by Gasteiger charge is -2.56. The molecular weight excluding hydrogens is 446 g/mol. The lowest BCUT2D eigenvalue weighted by Crippen LogP contribution is -2.60. The number of methoxy groups -OCH3 is 1. The topological polar surface area (TPSA) is 81.9 Å². The fraction of sp³-hybridized carbons (Fsp3) is 0.462. The van der Waals surface area contributed by atoms with Crippen LogP contribution in [0.3, 0.4) is 0 Å². The van der Waals surface area contributed by atoms with E-state index in [0.717, 1.165) is 59.8 Å². The highest BCUT2D eigenvalue weighted by Gasteiger charge is 2.51. The normalized spacial score (nSPS) is 27.0. The third kappa shape index (κ3) is 4.08. The Morgan fingerprint density at radius 2 is 1.68 bits per heavy atom. The molecule has 176 valence electrons. The summed E-state index contributed by atoms with van der Waals surface area (Å²) in [5.74, 6) is 4.34. The Kier molecular flexibility index (Phi) is 5.56. The van der Waals surface area contributed by atoms with E-state index in [1.807, 2.05) is 41.0 Å². The van der Waals surface area contributed by atoms with E-state index in [-0.39, 0.29) is 11.4 Å². The molecule has 0 atom stereocenters. The van der Waals surface area contributed by atoms with Gasteiger partial charge in [-0.15, -0.1) is 10.2 Å². The smallest absolute Gasteiger partial charge is 0.230 e. The largest absolute Gasteiger partial charge is 0.497 e. The Balaban J connectivity index is 1.22. The van der Waals surface area contributed by atoms with Gasteiger partial charge < -0.3 is 10.1 Å². The predicted molar refractivity (Wildman–Crippen MR) is 131 cm³/mol. The van der Waals surface area contributed by atoms with E-state index >= 15 is 0 Å². The monoisotopic (exact) mass is 475 g/mol. The highest BCUT2D eigenvalue weighted by Crippen LogP contribution is 2.55. The lowest BCUT2D eigenvalue weighted by molar-refractivity contribution is -0.124. The number of carbonyl (C=O) groups excluding carboxylic acids is 1. The van der Waals surface area contributed by atoms with E-state index < -0.39 is 0 Å². The van der Waals surface area contributed by atoms with E-state index in [0.29, 0.717) is 10.9 Å². The maximum Gasteiger partial charge on any atom is 0.230 e. The van der Waals surface area contributed by atoms with Crippen LogP contribution < -0.4 is 10.1 Å². The molecule has 4 aliphatic carbocycles. The highest BCUT2D eigenvalue weighted by atomic mass is 32.2. The van der Waals surface area contributed by atoms with Gasteiger partial charge in [-0.05, 0) is 92.7 Å². The molecule has 0 unspecified atom stereocenters. The molecule has 0 spiro atoms. The second-order valence-electron chi connectivity index (χ2n) is 10.1. The summed E-state index contributed by atoms with van der Waals surface area (Å²) in [5.41, 5.74) is 1.86. The Bertz CT molecular complexity index is 1140. The average Bonchev–Trinajstić information content (AvgIpc) is 3.26. The standard InChI is InChI=1S/C26H29N5O2S/c1-33-22-4-2-21(3-5-22)31-24(20-6-8-27-9-7-20)29-30-25(31)34-16-23(32)28-26-13-17-10-18(14-26)12-19(11-17)15-26/h2-9,17-19H,10-16H2,1H3,(H,28,32). The van der Waals surface area contributed by atoms with Gasteiger partial charge in [-0.25, -0.2) is 0 Å². The van der Waals surface area contributed by atoms with E-state index in [1.54, 1.807) is 19.5 Å². The first-order valence-corrected chi connectivity index (χ1v) is 13.0. The number of thioether (sulfide) groups is 1. The van der Waals surface area contributed by atoms with Gasteiger partial charge in [0.05, 0.1) is 12.9 Å². The number of hydrogen-bond acceptors (Lipinski definition) is 6. The molecule has 0 aliphatic heterocycles. The van der Waals surface area contributed by atoms with E-state index in [1.165, 1.54) is 31.0 Å². The van der Waals surface area contributed by atoms with Gasteiger partial charge in [-0.3, -0.25) is 14.3 Å². The summed E-state index contributed by atoms with van der Waals surface area (Å²) < 4.78 is 7.32. The molecule has 2 heterocycles. The van der Waals surface area contributed by atoms with E-state index in [9.17, 15) is 4.79 Å². The van der Waals surface area contributed by atoms with Gasteiger partial charge in [-0.2, -0.15) is 0 Å². The number of hydrogen-bond donors (Lipinski definition) is 1. The van der Waals surface area contributed by atoms with Crippen molar-refractivity contribution in [2.45, 2.75) is 49.2 Å². The zero-order chi connectivity index (χ0) is 23.1. The molecule has 34 heavy (non-hydrogen) atoms. The van der Waals surface area contributed by atoms with Crippen molar-refractivity contribution in [2.24, 2.45) is 17.8 Å². The Morgan fingerprint density at radius 1 is 1.03 bits per heavy atom. The van der Waals surface area contributed by atoms with Crippen LogP contribution in [-0.4, -0.2) is 44.1 Å². The van der Waals surface area contributed by atoms with Crippen molar-refractivity contribution < 1.29 is 9.53 Å². The van der Waals surface area contributed by atoms with Crippen LogP contribution in [0.1, 0.15) is 38.5 Å². The molecule has 1 N–H and O–H groups in total. The second kappa shape index (κ2) is 8.73. The van der Waals surface area contributed by atoms with Gasteiger partial charge in [0, 0.05) is 29.2 Å². The van der Waals surface area contributed by atoms with Crippen LogP contribution in [-0.2, 0) is 4.79 Å². The fourth-order valence-corrected chi connectivity index (χ4v) is 7.49. The summed E-state index contributed by atoms with van der Waals surface area (Å²) in [6.45, 7) is 0. The lowest BCUT2D eigenvalue weighted by atomic mass is 9.53. The number of aromatic nitrogens is 4. The van der Waals surface area contributed by atoms with Crippen molar-refractivity contribution in [2.75, 3.05) is 12.9 Å². The molecular formula is C26H29N5O2S. The quantitative estimate of drug-likeness (QED) is 0.506. The number of benzene rings is 1. The zero-order valence-electron chi connectivity index (χ0n) is 19.3. The number of carbonyl (C=O) groups is 1. The summed E-state index contributed by atoms with van der Waals surface area (Å²) in [5, 5.41) is 13.1. The van der Waals surface area contributed by atoms with Crippen LogP contribution in [0.2, 0.25) is 0 Å². The van der Waals surface area contributed by atoms with Gasteiger partial charge in [-0.1, -0.05) is 11.8 Å². The first kappa shape index (κ1) is 21.6. The summed E-state index contributed by atoms with van der Waals surface area (Å²) in [6.07, 6.45) is 11.1. The third-order valence-electron chi connectivity index (χ3n) is 7.68. The second-order valence-corrected chi connectivity index (χ2v) is 11.1. The molecule has 7 rings (SSSR count). The Hall–Kier alpha value is -2.87. The van der Waals surface area contributed by atoms with Gasteiger partial charge in [0.2, 0.25) is 5.91 Å². The van der Waals surface area contributed by atoms with Crippen LogP contribution >= 0.6 is 11.8 Å². The number of nitrogens with one attached hydrogen (secondary N) is 1. The van der Waals surface area contributed by atoms with Crippen molar-refractivity contribution in [3.63, 3.8) is 0 Å². The summed E-state index contributed by atoms with van der Waals surface area (Å²) in [6, 6.07) is 11.6. The van der Waals surface area contributed by atoms with Gasteiger partial charge >= 0.3 is 0 Å². The highest BCUT2D eigenvalue weighted by molar-refractivity contribution is 7.99. The molecule has 1 amide bonds. The molecule has 4 saturated carbocycles. The van der Waals surface area contributed by atoms with Gasteiger partial charge in [0.25, 0.3) is 0 Å². The number of ether oxygens (including phenoxy) is 1. The maximum atomic E-state index is 13.1. The van der Waals surface area contributed by atoms with E-state index in [2.05, 4.69) is 20.5 Å². The molecule has 7 nitrogen and oxygen atoms in total. The van der Waals surface area contributed by atoms with Crippen LogP contribution in [0.4, 0.5) is 0 Å². The summed E-state index contributed by atoms with van der Waals surface area (Å²) in [7, 11) is 1.65. The molecule has 0 saturated heterocycles. The Labute approximate surface area is 203 Å². The van der Waals surface area contributed by atoms with Crippen molar-refractivity contribution in [3.8, 4) is 22.8 Å². The molecule has 0 radical (unpaired) electrons. The number of pyridine rings is 1. The average molecular weight is 476 g/mol. The van der Waals surface area contributed by atoms with Crippen LogP contribution in [0.5, 0.6) is 5.75 Å². The van der Waals surface area contributed by atoms with Crippen molar-refractivity contribution >= 4 is 17.7 Å². The number of rotatable bonds is 7.